The number of hydrogen-bond acceptors (Lipinski definition) is 14. The quantitative estimate of drug-likeness (QED) is 0.0467. The molecule has 1 aromatic heterocycles. The number of esters is 1. The number of hydrogen-bond donors (Lipinski definition) is 2. The summed E-state index contributed by atoms with van der Waals surface area (Å²) in [7, 11) is 1.66. The molecule has 4 aromatic rings. The number of aryl methyl sites for hydroxylation is 1. The maximum absolute atomic E-state index is 14.9. The number of aromatic nitrogens is 3. The van der Waals surface area contributed by atoms with Crippen LogP contribution in [0.5, 0.6) is 0 Å². The van der Waals surface area contributed by atoms with Gasteiger partial charge in [-0.15, -0.1) is 5.10 Å². The molecule has 0 spiro atoms. The van der Waals surface area contributed by atoms with Crippen LogP contribution in [0.2, 0.25) is 0 Å². The molecule has 4 heterocycles. The number of ketones is 1. The Kier molecular flexibility index (Phi) is 20.0. The number of anilines is 1. The highest BCUT2D eigenvalue weighted by Gasteiger charge is 2.59. The SMILES string of the molecule is CC[C@H]1OC(=O)[C@H](C)C(=O)[C@H](C)[C@@H](O[C@@H]2OC(C)CC(N(Cc3ccccc3)Cc3ccccc3)C2C)[C@](C)(OC)C[C@@H](C)CN[C@H](C)[C@H]2N(CCCCn3cc(-c4cccc(NC(=O)OC(C)(C)C)c4)nn3)C(=O)O[C@]12C. The average molecular weight is 1080 g/mol. The summed E-state index contributed by atoms with van der Waals surface area (Å²) in [5.74, 6) is -3.14. The zero-order valence-electron chi connectivity index (χ0n) is 48.4. The number of nitrogens with zero attached hydrogens (tertiary/aromatic N) is 5. The van der Waals surface area contributed by atoms with Gasteiger partial charge in [-0.2, -0.15) is 0 Å². The molecule has 0 radical (unpaired) electrons. The summed E-state index contributed by atoms with van der Waals surface area (Å²) < 4.78 is 40.3. The highest BCUT2D eigenvalue weighted by Crippen LogP contribution is 2.41. The lowest BCUT2D eigenvalue weighted by molar-refractivity contribution is -0.282. The Morgan fingerprint density at radius 2 is 1.55 bits per heavy atom. The molecular formula is C61H87N7O10. The fraction of sp³-hybridized carbons (Fsp3) is 0.607. The zero-order valence-corrected chi connectivity index (χ0v) is 48.4. The predicted octanol–water partition coefficient (Wildman–Crippen LogP) is 10.5. The third-order valence-electron chi connectivity index (χ3n) is 16.1. The highest BCUT2D eigenvalue weighted by molar-refractivity contribution is 6.00. The molecule has 3 aromatic carbocycles. The fourth-order valence-corrected chi connectivity index (χ4v) is 12.0. The van der Waals surface area contributed by atoms with Gasteiger partial charge >= 0.3 is 18.2 Å². The van der Waals surface area contributed by atoms with E-state index in [-0.39, 0.29) is 35.8 Å². The molecule has 3 aliphatic heterocycles. The summed E-state index contributed by atoms with van der Waals surface area (Å²) in [5, 5.41) is 15.3. The molecule has 2 N–H and O–H groups in total. The molecule has 2 amide bonds. The number of carbonyl (C=O) groups is 4. The van der Waals surface area contributed by atoms with Crippen molar-refractivity contribution in [3.8, 4) is 11.3 Å². The van der Waals surface area contributed by atoms with E-state index in [0.717, 1.165) is 25.1 Å². The first-order valence-electron chi connectivity index (χ1n) is 28.2. The van der Waals surface area contributed by atoms with E-state index in [9.17, 15) is 19.2 Å². The summed E-state index contributed by atoms with van der Waals surface area (Å²) in [5.41, 5.74) is 1.51. The van der Waals surface area contributed by atoms with Crippen molar-refractivity contribution in [1.29, 1.82) is 0 Å². The van der Waals surface area contributed by atoms with Crippen LogP contribution in [-0.4, -0.2) is 128 Å². The maximum Gasteiger partial charge on any atom is 0.412 e. The van der Waals surface area contributed by atoms with Crippen molar-refractivity contribution in [2.75, 3.05) is 25.5 Å². The summed E-state index contributed by atoms with van der Waals surface area (Å²) in [6.07, 6.45) is 1.18. The molecule has 426 valence electrons. The molecule has 0 saturated carbocycles. The van der Waals surface area contributed by atoms with Crippen molar-refractivity contribution >= 4 is 29.6 Å². The minimum atomic E-state index is -1.26. The van der Waals surface area contributed by atoms with E-state index in [1.165, 1.54) is 11.1 Å². The van der Waals surface area contributed by atoms with E-state index in [0.29, 0.717) is 56.7 Å². The van der Waals surface area contributed by atoms with Gasteiger partial charge in [-0.25, -0.2) is 9.59 Å². The minimum absolute atomic E-state index is 0.00849. The van der Waals surface area contributed by atoms with Crippen molar-refractivity contribution in [2.45, 2.75) is 194 Å². The Labute approximate surface area is 462 Å². The molecule has 3 fully saturated rings. The van der Waals surface area contributed by atoms with E-state index in [4.69, 9.17) is 28.4 Å². The topological polar surface area (TPSA) is 185 Å². The third-order valence-corrected chi connectivity index (χ3v) is 16.1. The Bertz CT molecular complexity index is 2570. The Balaban J connectivity index is 1.07. The number of nitrogens with one attached hydrogen (secondary N) is 2. The standard InChI is InChI=1S/C61H87N7O10/c1-14-51-61(12)53(68(58(72)78-61)31-22-21-30-67-38-49(64-65-67)47-28-23-29-48(33-47)63-57(71)77-59(8,9)10)44(7)62-35-39(2)34-60(11,73-13)54(42(5)52(69)43(6)55(70)75-51)76-56-41(4)50(32-40(3)74-56)66(36-45-24-17-15-18-25-45)37-46-26-19-16-20-27-46/h15-20,23-29,33,38-44,50-51,53-54,56,62H,14,21-22,30-32,34-37H2,1-13H3,(H,63,71)/t39-,40?,41?,42+,43-,44-,50?,51-,53-,54-,56+,60-,61-/m1/s1. The lowest BCUT2D eigenvalue weighted by Gasteiger charge is -2.48. The van der Waals surface area contributed by atoms with Crippen molar-refractivity contribution < 1.29 is 47.6 Å². The first kappa shape index (κ1) is 59.9. The summed E-state index contributed by atoms with van der Waals surface area (Å²) in [6.45, 7) is 25.9. The van der Waals surface area contributed by atoms with Crippen LogP contribution >= 0.6 is 0 Å². The van der Waals surface area contributed by atoms with E-state index in [1.807, 2.05) is 91.9 Å². The molecular weight excluding hydrogens is 991 g/mol. The second-order valence-corrected chi connectivity index (χ2v) is 23.7. The third kappa shape index (κ3) is 14.7. The van der Waals surface area contributed by atoms with Crippen molar-refractivity contribution in [3.63, 3.8) is 0 Å². The highest BCUT2D eigenvalue weighted by atomic mass is 16.7. The van der Waals surface area contributed by atoms with Gasteiger partial charge in [0.2, 0.25) is 0 Å². The minimum Gasteiger partial charge on any atom is -0.458 e. The Morgan fingerprint density at radius 1 is 0.897 bits per heavy atom. The van der Waals surface area contributed by atoms with Crippen LogP contribution in [0.25, 0.3) is 11.3 Å². The fourth-order valence-electron chi connectivity index (χ4n) is 12.0. The van der Waals surface area contributed by atoms with Crippen molar-refractivity contribution in [3.05, 3.63) is 102 Å². The molecule has 3 aliphatic rings. The van der Waals surface area contributed by atoms with Gasteiger partial charge in [-0.3, -0.25) is 29.4 Å². The van der Waals surface area contributed by atoms with Crippen molar-refractivity contribution in [2.24, 2.45) is 23.7 Å². The smallest absolute Gasteiger partial charge is 0.412 e. The van der Waals surface area contributed by atoms with E-state index >= 15 is 0 Å². The van der Waals surface area contributed by atoms with Crippen LogP contribution in [0.4, 0.5) is 15.3 Å². The van der Waals surface area contributed by atoms with Gasteiger partial charge in [-0.05, 0) is 123 Å². The van der Waals surface area contributed by atoms with Gasteiger partial charge in [0.05, 0.1) is 30.0 Å². The van der Waals surface area contributed by atoms with Gasteiger partial charge in [0.15, 0.2) is 17.7 Å². The van der Waals surface area contributed by atoms with Gasteiger partial charge < -0.3 is 33.7 Å². The lowest BCUT2D eigenvalue weighted by Crippen LogP contribution is -2.61. The number of Topliss-reactive ketones (excluding diaryl/α,β-unsaturated/α-hetero) is 1. The number of amides is 2. The maximum atomic E-state index is 14.9. The number of cyclic esters (lactones) is 1. The number of unbranched alkanes of at least 4 members (excludes halogenated alkanes) is 1. The number of benzene rings is 3. The molecule has 3 unspecified atom stereocenters. The Hall–Kier alpha value is -5.72. The molecule has 17 nitrogen and oxygen atoms in total. The Morgan fingerprint density at radius 3 is 2.18 bits per heavy atom. The normalized spacial score (nSPS) is 30.5. The van der Waals surface area contributed by atoms with Crippen LogP contribution in [0, 0.1) is 23.7 Å². The summed E-state index contributed by atoms with van der Waals surface area (Å²) in [6, 6.07) is 27.5. The zero-order chi connectivity index (χ0) is 56.5. The van der Waals surface area contributed by atoms with Gasteiger partial charge in [0.25, 0.3) is 0 Å². The predicted molar refractivity (Wildman–Crippen MR) is 299 cm³/mol. The first-order valence-corrected chi connectivity index (χ1v) is 28.2. The lowest BCUT2D eigenvalue weighted by atomic mass is 9.78. The molecule has 3 saturated heterocycles. The molecule has 0 aliphatic carbocycles. The van der Waals surface area contributed by atoms with Crippen LogP contribution in [0.1, 0.15) is 126 Å². The van der Waals surface area contributed by atoms with E-state index in [2.05, 4.69) is 95.1 Å². The monoisotopic (exact) mass is 1080 g/mol. The van der Waals surface area contributed by atoms with Crippen LogP contribution in [-0.2, 0) is 57.6 Å². The number of rotatable bonds is 16. The van der Waals surface area contributed by atoms with Gasteiger partial charge in [-0.1, -0.05) is 106 Å². The van der Waals surface area contributed by atoms with Gasteiger partial charge in [0, 0.05) is 68.5 Å². The summed E-state index contributed by atoms with van der Waals surface area (Å²) in [4.78, 5) is 60.1. The summed E-state index contributed by atoms with van der Waals surface area (Å²) >= 11 is 0. The van der Waals surface area contributed by atoms with Gasteiger partial charge in [0.1, 0.15) is 23.3 Å². The molecule has 13 atom stereocenters. The molecule has 17 heteroatoms. The largest absolute Gasteiger partial charge is 0.458 e. The van der Waals surface area contributed by atoms with Crippen LogP contribution in [0.3, 0.4) is 0 Å². The first-order chi connectivity index (χ1) is 37.0. The number of methoxy groups -OCH3 is 1. The second-order valence-electron chi connectivity index (χ2n) is 23.7. The number of ether oxygens (including phenoxy) is 6. The second kappa shape index (κ2) is 26.0. The average Bonchev–Trinajstić information content (AvgIpc) is 4.05. The van der Waals surface area contributed by atoms with E-state index in [1.54, 1.807) is 29.7 Å². The van der Waals surface area contributed by atoms with Crippen molar-refractivity contribution in [1.82, 2.24) is 30.1 Å². The number of fused-ring (bicyclic) bond motifs is 1. The molecule has 78 heavy (non-hydrogen) atoms. The van der Waals surface area contributed by atoms with E-state index < -0.39 is 71.3 Å². The molecule has 7 rings (SSSR count). The van der Waals surface area contributed by atoms with Crippen LogP contribution in [0.15, 0.2) is 91.1 Å². The number of carbonyl (C=O) groups excluding carboxylic acids is 4. The molecule has 0 bridgehead atoms. The van der Waals surface area contributed by atoms with Crippen LogP contribution < -0.4 is 10.6 Å².